The van der Waals surface area contributed by atoms with E-state index in [9.17, 15) is 20.6 Å². The fraction of sp³-hybridized carbons (Fsp3) is 0.214. The number of aryl methyl sites for hydroxylation is 2. The number of nitro benzene ring substituents is 1. The molecule has 2 aliphatic rings. The molecule has 6 heteroatoms. The molecule has 2 aliphatic heterocycles. The van der Waals surface area contributed by atoms with Crippen LogP contribution in [0.25, 0.3) is 6.08 Å². The number of nitriles is 2. The van der Waals surface area contributed by atoms with Crippen molar-refractivity contribution in [3.05, 3.63) is 116 Å². The van der Waals surface area contributed by atoms with E-state index >= 15 is 0 Å². The van der Waals surface area contributed by atoms with Crippen LogP contribution in [0.3, 0.4) is 0 Å². The van der Waals surface area contributed by atoms with Gasteiger partial charge in [-0.1, -0.05) is 60.2 Å². The Morgan fingerprint density at radius 1 is 0.971 bits per heavy atom. The van der Waals surface area contributed by atoms with Crippen LogP contribution in [0, 0.1) is 52.0 Å². The van der Waals surface area contributed by atoms with Gasteiger partial charge in [0.25, 0.3) is 5.69 Å². The average molecular weight is 448 g/mol. The summed E-state index contributed by atoms with van der Waals surface area (Å²) in [6.45, 7) is 4.08. The van der Waals surface area contributed by atoms with Crippen LogP contribution in [0.15, 0.2) is 72.9 Å². The Bertz CT molecular complexity index is 1410. The summed E-state index contributed by atoms with van der Waals surface area (Å²) >= 11 is 0. The molecule has 1 unspecified atom stereocenters. The molecule has 0 saturated carbocycles. The van der Waals surface area contributed by atoms with E-state index in [2.05, 4.69) is 30.5 Å². The molecular formula is C28H23N4O2+. The monoisotopic (exact) mass is 447 g/mol. The molecule has 0 aromatic heterocycles. The van der Waals surface area contributed by atoms with Crippen molar-refractivity contribution in [1.29, 1.82) is 10.5 Å². The summed E-state index contributed by atoms with van der Waals surface area (Å²) in [7, 11) is 0. The largest absolute Gasteiger partial charge is 0.293 e. The van der Waals surface area contributed by atoms with Gasteiger partial charge in [0.05, 0.1) is 29.2 Å². The van der Waals surface area contributed by atoms with Crippen LogP contribution < -0.4 is 4.90 Å². The predicted molar refractivity (Wildman–Crippen MR) is 127 cm³/mol. The third-order valence-electron chi connectivity index (χ3n) is 7.30. The zero-order chi connectivity index (χ0) is 24.0. The highest BCUT2D eigenvalue weighted by molar-refractivity contribution is 5.58. The van der Waals surface area contributed by atoms with Crippen molar-refractivity contribution >= 4 is 11.8 Å². The number of rotatable bonds is 3. The molecule has 3 aromatic carbocycles. The standard InChI is InChI=1S/C28H22N4O2/c1-18-10-11-23(19(2)14-18)26-25(21-7-5-8-22(15-21)32(33)34)28(16-29,17-30)27-24-9-4-3-6-20(24)12-13-31(26)27/h3-15,25-27H,1-2H3/p+1/t25-,26-,27+/m1/s1. The van der Waals surface area contributed by atoms with Crippen LogP contribution in [0.2, 0.25) is 0 Å². The molecule has 4 atom stereocenters. The molecule has 6 nitrogen and oxygen atoms in total. The Balaban J connectivity index is 1.83. The minimum Gasteiger partial charge on any atom is -0.293 e. The van der Waals surface area contributed by atoms with E-state index in [0.29, 0.717) is 5.56 Å². The Hall–Kier alpha value is -4.26. The molecule has 0 radical (unpaired) electrons. The molecule has 34 heavy (non-hydrogen) atoms. The third kappa shape index (κ3) is 3.04. The Morgan fingerprint density at radius 3 is 2.44 bits per heavy atom. The van der Waals surface area contributed by atoms with E-state index in [4.69, 9.17) is 0 Å². The highest BCUT2D eigenvalue weighted by atomic mass is 16.6. The summed E-state index contributed by atoms with van der Waals surface area (Å²) in [5.41, 5.74) is 4.35. The van der Waals surface area contributed by atoms with Crippen LogP contribution in [-0.4, -0.2) is 4.92 Å². The maximum atomic E-state index is 11.6. The van der Waals surface area contributed by atoms with Gasteiger partial charge in [-0.25, -0.2) is 0 Å². The van der Waals surface area contributed by atoms with E-state index in [1.54, 1.807) is 6.07 Å². The summed E-state index contributed by atoms with van der Waals surface area (Å²) in [6.07, 6.45) is 4.10. The first-order chi connectivity index (χ1) is 16.4. The molecule has 0 spiro atoms. The Morgan fingerprint density at radius 2 is 1.74 bits per heavy atom. The van der Waals surface area contributed by atoms with E-state index in [1.807, 2.05) is 56.3 Å². The zero-order valence-corrected chi connectivity index (χ0v) is 18.9. The molecule has 5 rings (SSSR count). The zero-order valence-electron chi connectivity index (χ0n) is 18.9. The van der Waals surface area contributed by atoms with Crippen LogP contribution in [0.4, 0.5) is 5.69 Å². The molecule has 0 bridgehead atoms. The quantitative estimate of drug-likeness (QED) is 0.465. The second-order valence-electron chi connectivity index (χ2n) is 9.16. The topological polar surface area (TPSA) is 95.2 Å². The van der Waals surface area contributed by atoms with E-state index in [0.717, 1.165) is 32.7 Å². The molecular weight excluding hydrogens is 424 g/mol. The maximum Gasteiger partial charge on any atom is 0.269 e. The van der Waals surface area contributed by atoms with Gasteiger partial charge in [-0.15, -0.1) is 0 Å². The molecule has 166 valence electrons. The number of hydrogen-bond acceptors (Lipinski definition) is 4. The lowest BCUT2D eigenvalue weighted by Gasteiger charge is -2.30. The number of nitrogens with zero attached hydrogens (tertiary/aromatic N) is 3. The van der Waals surface area contributed by atoms with Crippen molar-refractivity contribution in [2.24, 2.45) is 5.41 Å². The second-order valence-corrected chi connectivity index (χ2v) is 9.16. The normalized spacial score (nSPS) is 23.9. The smallest absolute Gasteiger partial charge is 0.269 e. The van der Waals surface area contributed by atoms with Crippen LogP contribution in [-0.2, 0) is 0 Å². The number of non-ortho nitro benzene ring substituents is 1. The van der Waals surface area contributed by atoms with Crippen LogP contribution in [0.5, 0.6) is 0 Å². The summed E-state index contributed by atoms with van der Waals surface area (Å²) in [5, 5.41) is 32.8. The Kier molecular flexibility index (Phi) is 5.05. The van der Waals surface area contributed by atoms with Gasteiger partial charge in [0.1, 0.15) is 6.04 Å². The van der Waals surface area contributed by atoms with Gasteiger partial charge in [0.15, 0.2) is 6.04 Å². The maximum absolute atomic E-state index is 11.6. The van der Waals surface area contributed by atoms with Gasteiger partial charge < -0.3 is 0 Å². The number of hydrogen-bond donors (Lipinski definition) is 1. The van der Waals surface area contributed by atoms with Crippen molar-refractivity contribution < 1.29 is 9.82 Å². The number of quaternary nitrogens is 1. The van der Waals surface area contributed by atoms with E-state index < -0.39 is 22.3 Å². The summed E-state index contributed by atoms with van der Waals surface area (Å²) in [4.78, 5) is 12.2. The highest BCUT2D eigenvalue weighted by Gasteiger charge is 2.66. The highest BCUT2D eigenvalue weighted by Crippen LogP contribution is 2.56. The minimum atomic E-state index is -1.42. The first kappa shape index (κ1) is 21.6. The number of fused-ring (bicyclic) bond motifs is 3. The molecule has 3 aromatic rings. The fourth-order valence-corrected chi connectivity index (χ4v) is 5.93. The molecule has 2 heterocycles. The predicted octanol–water partition coefficient (Wildman–Crippen LogP) is 4.69. The van der Waals surface area contributed by atoms with Crippen molar-refractivity contribution in [3.63, 3.8) is 0 Å². The first-order valence-corrected chi connectivity index (χ1v) is 11.2. The van der Waals surface area contributed by atoms with Gasteiger partial charge in [-0.3, -0.25) is 15.0 Å². The fourth-order valence-electron chi connectivity index (χ4n) is 5.93. The van der Waals surface area contributed by atoms with Gasteiger partial charge >= 0.3 is 0 Å². The lowest BCUT2D eigenvalue weighted by molar-refractivity contribution is -0.901. The molecule has 1 saturated heterocycles. The van der Waals surface area contributed by atoms with Gasteiger partial charge in [-0.2, -0.15) is 10.5 Å². The molecule has 0 amide bonds. The van der Waals surface area contributed by atoms with Crippen molar-refractivity contribution in [2.45, 2.75) is 31.8 Å². The van der Waals surface area contributed by atoms with Crippen molar-refractivity contribution in [3.8, 4) is 12.1 Å². The number of benzene rings is 3. The summed E-state index contributed by atoms with van der Waals surface area (Å²) < 4.78 is 0. The average Bonchev–Trinajstić information content (AvgIpc) is 3.15. The lowest BCUT2D eigenvalue weighted by Crippen LogP contribution is -3.07. The van der Waals surface area contributed by atoms with Crippen molar-refractivity contribution in [1.82, 2.24) is 0 Å². The van der Waals surface area contributed by atoms with E-state index in [1.165, 1.54) is 12.1 Å². The minimum absolute atomic E-state index is 0.0440. The number of nitrogens with one attached hydrogen (secondary N) is 1. The van der Waals surface area contributed by atoms with Gasteiger partial charge in [-0.05, 0) is 36.6 Å². The van der Waals surface area contributed by atoms with Crippen molar-refractivity contribution in [2.75, 3.05) is 0 Å². The molecule has 1 N–H and O–H groups in total. The van der Waals surface area contributed by atoms with Gasteiger partial charge in [0, 0.05) is 23.3 Å². The first-order valence-electron chi connectivity index (χ1n) is 11.2. The Labute approximate surface area is 198 Å². The lowest BCUT2D eigenvalue weighted by atomic mass is 9.67. The van der Waals surface area contributed by atoms with E-state index in [-0.39, 0.29) is 11.7 Å². The summed E-state index contributed by atoms with van der Waals surface area (Å²) in [6, 6.07) is 24.6. The SMILES string of the molecule is Cc1ccc([C@@H]2[C@@H](c3cccc([N+](=O)[O-])c3)C(C#N)(C#N)[C@@H]3c4ccccc4C=C[NH+]23)c(C)c1. The van der Waals surface area contributed by atoms with Crippen LogP contribution in [0.1, 0.15) is 51.4 Å². The molecule has 1 fully saturated rings. The number of nitro groups is 1. The van der Waals surface area contributed by atoms with Crippen LogP contribution >= 0.6 is 0 Å². The molecule has 0 aliphatic carbocycles. The third-order valence-corrected chi connectivity index (χ3v) is 7.30. The summed E-state index contributed by atoms with van der Waals surface area (Å²) in [5.74, 6) is -0.570. The van der Waals surface area contributed by atoms with Gasteiger partial charge in [0.2, 0.25) is 5.41 Å². The second kappa shape index (κ2) is 7.95.